The Morgan fingerprint density at radius 1 is 1.43 bits per heavy atom. The van der Waals surface area contributed by atoms with Gasteiger partial charge in [-0.25, -0.2) is 4.98 Å². The number of ether oxygens (including phenoxy) is 1. The monoisotopic (exact) mass is 313 g/mol. The molecular weight excluding hydrogens is 290 g/mol. The molecule has 0 aromatic carbocycles. The standard InChI is InChI=1S/C15H24ClN3O2/c1-11(2)13-9-12(10-14(16)18-13)15(20)17-5-6-19(3)7-8-21-4/h9-11H,5-8H2,1-4H3,(H,17,20). The van der Waals surface area contributed by atoms with Crippen molar-refractivity contribution in [2.45, 2.75) is 19.8 Å². The van der Waals surface area contributed by atoms with Gasteiger partial charge in [0.05, 0.1) is 6.61 Å². The predicted octanol–water partition coefficient (Wildman–Crippen LogP) is 2.17. The first-order chi connectivity index (χ1) is 9.93. The molecule has 0 radical (unpaired) electrons. The van der Waals surface area contributed by atoms with E-state index in [1.807, 2.05) is 20.9 Å². The van der Waals surface area contributed by atoms with Crippen LogP contribution in [-0.2, 0) is 4.74 Å². The average molecular weight is 314 g/mol. The molecule has 0 aliphatic rings. The summed E-state index contributed by atoms with van der Waals surface area (Å²) in [4.78, 5) is 18.4. The van der Waals surface area contributed by atoms with E-state index in [1.54, 1.807) is 19.2 Å². The molecule has 6 heteroatoms. The van der Waals surface area contributed by atoms with Gasteiger partial charge >= 0.3 is 0 Å². The summed E-state index contributed by atoms with van der Waals surface area (Å²) in [7, 11) is 3.67. The van der Waals surface area contributed by atoms with Crippen LogP contribution in [0.15, 0.2) is 12.1 Å². The van der Waals surface area contributed by atoms with E-state index in [1.165, 1.54) is 0 Å². The van der Waals surface area contributed by atoms with Crippen LogP contribution in [-0.4, -0.2) is 56.2 Å². The highest BCUT2D eigenvalue weighted by molar-refractivity contribution is 6.29. The minimum absolute atomic E-state index is 0.124. The maximum absolute atomic E-state index is 12.1. The Kier molecular flexibility index (Phi) is 7.64. The second kappa shape index (κ2) is 8.97. The number of nitrogens with zero attached hydrogens (tertiary/aromatic N) is 2. The highest BCUT2D eigenvalue weighted by Gasteiger charge is 2.11. The molecule has 0 fully saturated rings. The molecule has 1 N–H and O–H groups in total. The van der Waals surface area contributed by atoms with E-state index in [-0.39, 0.29) is 11.8 Å². The maximum atomic E-state index is 12.1. The van der Waals surface area contributed by atoms with Crippen LogP contribution in [0.5, 0.6) is 0 Å². The first-order valence-corrected chi connectivity index (χ1v) is 7.45. The number of hydrogen-bond acceptors (Lipinski definition) is 4. The van der Waals surface area contributed by atoms with Crippen molar-refractivity contribution in [3.63, 3.8) is 0 Å². The number of pyridine rings is 1. The van der Waals surface area contributed by atoms with Crippen LogP contribution in [0.1, 0.15) is 35.8 Å². The summed E-state index contributed by atoms with van der Waals surface area (Å²) in [5, 5.41) is 3.24. The lowest BCUT2D eigenvalue weighted by Crippen LogP contribution is -2.34. The van der Waals surface area contributed by atoms with Gasteiger partial charge in [0.25, 0.3) is 5.91 Å². The number of aromatic nitrogens is 1. The molecule has 1 rings (SSSR count). The van der Waals surface area contributed by atoms with Gasteiger partial charge < -0.3 is 15.0 Å². The maximum Gasteiger partial charge on any atom is 0.251 e. The lowest BCUT2D eigenvalue weighted by molar-refractivity contribution is 0.0947. The van der Waals surface area contributed by atoms with E-state index >= 15 is 0 Å². The fourth-order valence-corrected chi connectivity index (χ4v) is 1.98. The van der Waals surface area contributed by atoms with Crippen molar-refractivity contribution in [2.24, 2.45) is 0 Å². The molecule has 0 atom stereocenters. The quantitative estimate of drug-likeness (QED) is 0.747. The van der Waals surface area contributed by atoms with Crippen LogP contribution in [0, 0.1) is 0 Å². The molecule has 21 heavy (non-hydrogen) atoms. The third-order valence-corrected chi connectivity index (χ3v) is 3.32. The first kappa shape index (κ1) is 17.9. The Balaban J connectivity index is 2.52. The summed E-state index contributed by atoms with van der Waals surface area (Å²) >= 11 is 5.97. The van der Waals surface area contributed by atoms with Crippen molar-refractivity contribution < 1.29 is 9.53 Å². The van der Waals surface area contributed by atoms with E-state index < -0.39 is 0 Å². The van der Waals surface area contributed by atoms with Crippen LogP contribution >= 0.6 is 11.6 Å². The van der Waals surface area contributed by atoms with E-state index in [2.05, 4.69) is 15.2 Å². The molecule has 0 spiro atoms. The Morgan fingerprint density at radius 3 is 2.76 bits per heavy atom. The topological polar surface area (TPSA) is 54.5 Å². The molecule has 0 saturated carbocycles. The number of amides is 1. The average Bonchev–Trinajstić information content (AvgIpc) is 2.44. The third-order valence-electron chi connectivity index (χ3n) is 3.12. The summed E-state index contributed by atoms with van der Waals surface area (Å²) in [6.07, 6.45) is 0. The number of methoxy groups -OCH3 is 1. The second-order valence-corrected chi connectivity index (χ2v) is 5.70. The number of likely N-dealkylation sites (N-methyl/N-ethyl adjacent to an activating group) is 1. The zero-order valence-corrected chi connectivity index (χ0v) is 13.9. The van der Waals surface area contributed by atoms with Crippen LogP contribution in [0.25, 0.3) is 0 Å². The third kappa shape index (κ3) is 6.42. The zero-order chi connectivity index (χ0) is 15.8. The first-order valence-electron chi connectivity index (χ1n) is 7.07. The minimum atomic E-state index is -0.124. The van der Waals surface area contributed by atoms with Crippen molar-refractivity contribution in [3.8, 4) is 0 Å². The number of carbonyl (C=O) groups is 1. The minimum Gasteiger partial charge on any atom is -0.383 e. The molecule has 1 aromatic rings. The molecule has 0 aliphatic heterocycles. The summed E-state index contributed by atoms with van der Waals surface area (Å²) in [6, 6.07) is 3.39. The van der Waals surface area contributed by atoms with Gasteiger partial charge in [-0.2, -0.15) is 0 Å². The summed E-state index contributed by atoms with van der Waals surface area (Å²) in [5.41, 5.74) is 1.38. The molecule has 0 saturated heterocycles. The summed E-state index contributed by atoms with van der Waals surface area (Å²) < 4.78 is 5.01. The van der Waals surface area contributed by atoms with E-state index in [9.17, 15) is 4.79 Å². The van der Waals surface area contributed by atoms with E-state index in [0.717, 1.165) is 18.8 Å². The Labute approximate surface area is 131 Å². The summed E-state index contributed by atoms with van der Waals surface area (Å²) in [5.74, 6) is 0.108. The predicted molar refractivity (Wildman–Crippen MR) is 85.0 cm³/mol. The zero-order valence-electron chi connectivity index (χ0n) is 13.1. The Bertz CT molecular complexity index is 466. The fraction of sp³-hybridized carbons (Fsp3) is 0.600. The van der Waals surface area contributed by atoms with Crippen molar-refractivity contribution in [1.82, 2.24) is 15.2 Å². The number of nitrogens with one attached hydrogen (secondary N) is 1. The molecule has 0 bridgehead atoms. The van der Waals surface area contributed by atoms with E-state index in [4.69, 9.17) is 16.3 Å². The normalized spacial score (nSPS) is 11.2. The van der Waals surface area contributed by atoms with Gasteiger partial charge in [-0.3, -0.25) is 4.79 Å². The molecule has 1 aromatic heterocycles. The number of halogens is 1. The van der Waals surface area contributed by atoms with Crippen molar-refractivity contribution in [3.05, 3.63) is 28.5 Å². The van der Waals surface area contributed by atoms with Crippen LogP contribution in [0.2, 0.25) is 5.15 Å². The van der Waals surface area contributed by atoms with Crippen LogP contribution < -0.4 is 5.32 Å². The van der Waals surface area contributed by atoms with Gasteiger partial charge in [-0.1, -0.05) is 25.4 Å². The summed E-state index contributed by atoms with van der Waals surface area (Å²) in [6.45, 7) is 6.91. The highest BCUT2D eigenvalue weighted by Crippen LogP contribution is 2.17. The van der Waals surface area contributed by atoms with Gasteiger partial charge in [0.1, 0.15) is 5.15 Å². The Morgan fingerprint density at radius 2 is 2.14 bits per heavy atom. The second-order valence-electron chi connectivity index (χ2n) is 5.31. The van der Waals surface area contributed by atoms with Gasteiger partial charge in [0, 0.05) is 38.0 Å². The lowest BCUT2D eigenvalue weighted by atomic mass is 10.1. The molecule has 118 valence electrons. The number of rotatable bonds is 8. The molecule has 1 amide bonds. The van der Waals surface area contributed by atoms with Crippen LogP contribution in [0.4, 0.5) is 0 Å². The number of hydrogen-bond donors (Lipinski definition) is 1. The molecule has 5 nitrogen and oxygen atoms in total. The highest BCUT2D eigenvalue weighted by atomic mass is 35.5. The van der Waals surface area contributed by atoms with Gasteiger partial charge in [0.2, 0.25) is 0 Å². The smallest absolute Gasteiger partial charge is 0.251 e. The molecular formula is C15H24ClN3O2. The molecule has 0 unspecified atom stereocenters. The number of carbonyl (C=O) groups excluding carboxylic acids is 1. The van der Waals surface area contributed by atoms with Gasteiger partial charge in [0.15, 0.2) is 0 Å². The van der Waals surface area contributed by atoms with Gasteiger partial charge in [-0.05, 0) is 25.1 Å². The fourth-order valence-electron chi connectivity index (χ4n) is 1.77. The van der Waals surface area contributed by atoms with Gasteiger partial charge in [-0.15, -0.1) is 0 Å². The van der Waals surface area contributed by atoms with E-state index in [0.29, 0.717) is 23.9 Å². The van der Waals surface area contributed by atoms with Crippen molar-refractivity contribution >= 4 is 17.5 Å². The SMILES string of the molecule is COCCN(C)CCNC(=O)c1cc(Cl)nc(C(C)C)c1. The molecule has 1 heterocycles. The lowest BCUT2D eigenvalue weighted by Gasteiger charge is -2.16. The van der Waals surface area contributed by atoms with Crippen LogP contribution in [0.3, 0.4) is 0 Å². The van der Waals surface area contributed by atoms with Crippen molar-refractivity contribution in [1.29, 1.82) is 0 Å². The Hall–Kier alpha value is -1.17. The van der Waals surface area contributed by atoms with Crippen molar-refractivity contribution in [2.75, 3.05) is 40.4 Å². The molecule has 0 aliphatic carbocycles. The largest absolute Gasteiger partial charge is 0.383 e.